The average Bonchev–Trinajstić information content (AvgIpc) is 2.64. The molecule has 3 N–H and O–H groups in total. The van der Waals surface area contributed by atoms with E-state index in [-0.39, 0.29) is 12.2 Å². The molecule has 22 heavy (non-hydrogen) atoms. The first-order valence-electron chi connectivity index (χ1n) is 6.85. The summed E-state index contributed by atoms with van der Waals surface area (Å²) < 4.78 is 13.5. The summed E-state index contributed by atoms with van der Waals surface area (Å²) in [7, 11) is 0. The summed E-state index contributed by atoms with van der Waals surface area (Å²) in [5.74, 6) is -1.24. The molecule has 0 saturated carbocycles. The van der Waals surface area contributed by atoms with Crippen molar-refractivity contribution in [3.8, 4) is 0 Å². The molecule has 0 unspecified atom stereocenters. The van der Waals surface area contributed by atoms with Crippen LogP contribution in [0.15, 0.2) is 24.3 Å². The lowest BCUT2D eigenvalue weighted by atomic mass is 10.1. The number of carbonyl (C=O) groups excluding carboxylic acids is 2. The molecule has 0 spiro atoms. The Morgan fingerprint density at radius 3 is 2.68 bits per heavy atom. The lowest BCUT2D eigenvalue weighted by molar-refractivity contribution is -0.129. The number of likely N-dealkylation sites (tertiary alicyclic amines) is 1. The summed E-state index contributed by atoms with van der Waals surface area (Å²) in [5.41, 5.74) is -0.0349. The molecule has 1 heterocycles. The van der Waals surface area contributed by atoms with Crippen molar-refractivity contribution < 1.29 is 23.9 Å². The van der Waals surface area contributed by atoms with Gasteiger partial charge < -0.3 is 15.7 Å². The summed E-state index contributed by atoms with van der Waals surface area (Å²) >= 11 is 0. The highest BCUT2D eigenvalue weighted by atomic mass is 19.1. The fourth-order valence-electron chi connectivity index (χ4n) is 2.27. The molecule has 1 aromatic rings. The molecule has 0 aliphatic carbocycles. The van der Waals surface area contributed by atoms with Gasteiger partial charge in [-0.1, -0.05) is 12.1 Å². The van der Waals surface area contributed by atoms with Crippen LogP contribution in [-0.2, 0) is 4.79 Å². The number of para-hydroxylation sites is 1. The van der Waals surface area contributed by atoms with E-state index in [4.69, 9.17) is 5.11 Å². The van der Waals surface area contributed by atoms with E-state index in [1.807, 2.05) is 0 Å². The molecule has 1 fully saturated rings. The Bertz CT molecular complexity index is 593. The number of anilines is 1. The molecule has 2 rings (SSSR count). The SMILES string of the molecule is O=C(O)N[C@H]1CCCCN(C(=O)Nc2ccccc2F)C1=O. The van der Waals surface area contributed by atoms with Crippen LogP contribution in [0, 0.1) is 5.82 Å². The van der Waals surface area contributed by atoms with Crippen molar-refractivity contribution in [2.24, 2.45) is 0 Å². The Morgan fingerprint density at radius 1 is 1.27 bits per heavy atom. The number of nitrogens with zero attached hydrogens (tertiary/aromatic N) is 1. The van der Waals surface area contributed by atoms with Crippen LogP contribution in [-0.4, -0.2) is 40.6 Å². The van der Waals surface area contributed by atoms with Gasteiger partial charge in [-0.2, -0.15) is 0 Å². The maximum atomic E-state index is 13.5. The third-order valence-electron chi connectivity index (χ3n) is 3.35. The zero-order valence-electron chi connectivity index (χ0n) is 11.7. The van der Waals surface area contributed by atoms with E-state index >= 15 is 0 Å². The van der Waals surface area contributed by atoms with Gasteiger partial charge in [0, 0.05) is 6.54 Å². The van der Waals surface area contributed by atoms with Crippen LogP contribution in [0.2, 0.25) is 0 Å². The first-order valence-corrected chi connectivity index (χ1v) is 6.85. The quantitative estimate of drug-likeness (QED) is 0.778. The third-order valence-corrected chi connectivity index (χ3v) is 3.35. The number of carbonyl (C=O) groups is 3. The lowest BCUT2D eigenvalue weighted by Gasteiger charge is -2.22. The number of hydrogen-bond acceptors (Lipinski definition) is 3. The fourth-order valence-corrected chi connectivity index (χ4v) is 2.27. The van der Waals surface area contributed by atoms with Crippen molar-refractivity contribution >= 4 is 23.7 Å². The summed E-state index contributed by atoms with van der Waals surface area (Å²) in [5, 5.41) is 13.2. The molecule has 118 valence electrons. The Hall–Kier alpha value is -2.64. The van der Waals surface area contributed by atoms with Gasteiger partial charge in [0.15, 0.2) is 0 Å². The van der Waals surface area contributed by atoms with Gasteiger partial charge in [-0.05, 0) is 31.4 Å². The summed E-state index contributed by atoms with van der Waals surface area (Å²) in [6.45, 7) is 0.164. The third kappa shape index (κ3) is 3.72. The Balaban J connectivity index is 2.11. The number of amides is 4. The van der Waals surface area contributed by atoms with Crippen molar-refractivity contribution in [3.63, 3.8) is 0 Å². The second kappa shape index (κ2) is 6.88. The summed E-state index contributed by atoms with van der Waals surface area (Å²) in [4.78, 5) is 36.0. The predicted molar refractivity (Wildman–Crippen MR) is 75.9 cm³/mol. The monoisotopic (exact) mass is 309 g/mol. The smallest absolute Gasteiger partial charge is 0.405 e. The molecule has 7 nitrogen and oxygen atoms in total. The van der Waals surface area contributed by atoms with Gasteiger partial charge in [0.1, 0.15) is 11.9 Å². The number of carboxylic acid groups (broad SMARTS) is 1. The molecule has 1 saturated heterocycles. The fraction of sp³-hybridized carbons (Fsp3) is 0.357. The van der Waals surface area contributed by atoms with E-state index < -0.39 is 29.9 Å². The second-order valence-corrected chi connectivity index (χ2v) is 4.90. The maximum absolute atomic E-state index is 13.5. The molecular formula is C14H16FN3O4. The Morgan fingerprint density at radius 2 is 2.00 bits per heavy atom. The molecule has 8 heteroatoms. The van der Waals surface area contributed by atoms with Crippen LogP contribution in [0.3, 0.4) is 0 Å². The molecule has 0 aromatic heterocycles. The molecule has 1 aliphatic rings. The number of benzene rings is 1. The van der Waals surface area contributed by atoms with E-state index in [0.29, 0.717) is 19.3 Å². The normalized spacial score (nSPS) is 18.5. The average molecular weight is 309 g/mol. The van der Waals surface area contributed by atoms with Crippen molar-refractivity contribution in [2.75, 3.05) is 11.9 Å². The van der Waals surface area contributed by atoms with Crippen LogP contribution >= 0.6 is 0 Å². The minimum Gasteiger partial charge on any atom is -0.465 e. The van der Waals surface area contributed by atoms with E-state index in [2.05, 4.69) is 10.6 Å². The van der Waals surface area contributed by atoms with Crippen LogP contribution in [0.5, 0.6) is 0 Å². The predicted octanol–water partition coefficient (Wildman–Crippen LogP) is 2.01. The van der Waals surface area contributed by atoms with E-state index in [1.165, 1.54) is 18.2 Å². The maximum Gasteiger partial charge on any atom is 0.405 e. The van der Waals surface area contributed by atoms with E-state index in [1.54, 1.807) is 6.07 Å². The van der Waals surface area contributed by atoms with Crippen LogP contribution in [0.25, 0.3) is 0 Å². The summed E-state index contributed by atoms with van der Waals surface area (Å²) in [6.07, 6.45) is 0.179. The molecule has 1 aliphatic heterocycles. The molecule has 0 bridgehead atoms. The standard InChI is InChI=1S/C14H16FN3O4/c15-9-5-1-2-6-10(9)16-13(20)18-8-4-3-7-11(12(18)19)17-14(21)22/h1-2,5-6,11,17H,3-4,7-8H2,(H,16,20)(H,21,22)/t11-/m0/s1. The minimum atomic E-state index is -1.32. The van der Waals surface area contributed by atoms with Crippen LogP contribution in [0.4, 0.5) is 19.7 Å². The number of imide groups is 1. The van der Waals surface area contributed by atoms with Gasteiger partial charge in [0.05, 0.1) is 5.69 Å². The van der Waals surface area contributed by atoms with Gasteiger partial charge >= 0.3 is 12.1 Å². The first-order chi connectivity index (χ1) is 10.5. The lowest BCUT2D eigenvalue weighted by Crippen LogP contribution is -2.50. The van der Waals surface area contributed by atoms with Gasteiger partial charge in [-0.15, -0.1) is 0 Å². The zero-order chi connectivity index (χ0) is 16.1. The number of halogens is 1. The Kier molecular flexibility index (Phi) is 4.92. The highest BCUT2D eigenvalue weighted by molar-refractivity contribution is 6.03. The highest BCUT2D eigenvalue weighted by Gasteiger charge is 2.32. The number of urea groups is 1. The molecular weight excluding hydrogens is 293 g/mol. The minimum absolute atomic E-state index is 0.0349. The van der Waals surface area contributed by atoms with E-state index in [0.717, 1.165) is 4.90 Å². The van der Waals surface area contributed by atoms with Gasteiger partial charge in [0.2, 0.25) is 0 Å². The van der Waals surface area contributed by atoms with Crippen molar-refractivity contribution in [1.29, 1.82) is 0 Å². The molecule has 4 amide bonds. The molecule has 1 atom stereocenters. The number of hydrogen-bond donors (Lipinski definition) is 3. The van der Waals surface area contributed by atoms with Crippen molar-refractivity contribution in [2.45, 2.75) is 25.3 Å². The van der Waals surface area contributed by atoms with Gasteiger partial charge in [-0.3, -0.25) is 9.69 Å². The van der Waals surface area contributed by atoms with Gasteiger partial charge in [0.25, 0.3) is 5.91 Å². The summed E-state index contributed by atoms with van der Waals surface area (Å²) in [6, 6.07) is 3.87. The highest BCUT2D eigenvalue weighted by Crippen LogP contribution is 2.16. The largest absolute Gasteiger partial charge is 0.465 e. The number of rotatable bonds is 2. The van der Waals surface area contributed by atoms with Gasteiger partial charge in [-0.25, -0.2) is 14.0 Å². The van der Waals surface area contributed by atoms with Crippen LogP contribution < -0.4 is 10.6 Å². The van der Waals surface area contributed by atoms with Crippen molar-refractivity contribution in [1.82, 2.24) is 10.2 Å². The molecule has 0 radical (unpaired) electrons. The molecule has 1 aromatic carbocycles. The zero-order valence-corrected chi connectivity index (χ0v) is 11.7. The van der Waals surface area contributed by atoms with E-state index in [9.17, 15) is 18.8 Å². The second-order valence-electron chi connectivity index (χ2n) is 4.90. The van der Waals surface area contributed by atoms with Crippen molar-refractivity contribution in [3.05, 3.63) is 30.1 Å². The van der Waals surface area contributed by atoms with Crippen LogP contribution in [0.1, 0.15) is 19.3 Å². The first kappa shape index (κ1) is 15.7. The number of nitrogens with one attached hydrogen (secondary N) is 2. The Labute approximate surface area is 126 Å². The topological polar surface area (TPSA) is 98.7 Å².